The lowest BCUT2D eigenvalue weighted by atomic mass is 10.0. The van der Waals surface area contributed by atoms with E-state index < -0.39 is 0 Å². The highest BCUT2D eigenvalue weighted by atomic mass is 16.5. The van der Waals surface area contributed by atoms with E-state index in [-0.39, 0.29) is 11.9 Å². The highest BCUT2D eigenvalue weighted by Gasteiger charge is 2.35. The maximum absolute atomic E-state index is 13.9. The molecule has 1 saturated carbocycles. The third-order valence-electron chi connectivity index (χ3n) is 5.92. The average Bonchev–Trinajstić information content (AvgIpc) is 3.49. The fraction of sp³-hybridized carbons (Fsp3) is 0.320. The lowest BCUT2D eigenvalue weighted by molar-refractivity contribution is 0.0732. The number of ether oxygens (including phenoxy) is 1. The number of aryl methyl sites for hydroxylation is 3. The van der Waals surface area contributed by atoms with Crippen LogP contribution in [0.1, 0.15) is 46.0 Å². The molecule has 0 unspecified atom stereocenters. The number of carbonyl (C=O) groups is 1. The van der Waals surface area contributed by atoms with Gasteiger partial charge in [-0.05, 0) is 63.4 Å². The Hall–Kier alpha value is -3.61. The summed E-state index contributed by atoms with van der Waals surface area (Å²) >= 11 is 0. The van der Waals surface area contributed by atoms with E-state index >= 15 is 0 Å². The first-order chi connectivity index (χ1) is 15.4. The molecule has 1 fully saturated rings. The fourth-order valence-corrected chi connectivity index (χ4v) is 4.12. The van der Waals surface area contributed by atoms with Gasteiger partial charge in [0.15, 0.2) is 0 Å². The predicted molar refractivity (Wildman–Crippen MR) is 120 cm³/mol. The average molecular weight is 431 g/mol. The Labute approximate surface area is 186 Å². The van der Waals surface area contributed by atoms with Crippen molar-refractivity contribution in [3.05, 3.63) is 64.7 Å². The maximum Gasteiger partial charge on any atom is 0.259 e. The number of carbonyl (C=O) groups excluding carboxylic acids is 1. The highest BCUT2D eigenvalue weighted by molar-refractivity contribution is 6.07. The van der Waals surface area contributed by atoms with Crippen molar-refractivity contribution in [3.63, 3.8) is 0 Å². The summed E-state index contributed by atoms with van der Waals surface area (Å²) in [6.07, 6.45) is 2.01. The monoisotopic (exact) mass is 431 g/mol. The molecule has 32 heavy (non-hydrogen) atoms. The van der Waals surface area contributed by atoms with Gasteiger partial charge in [-0.2, -0.15) is 0 Å². The van der Waals surface area contributed by atoms with Gasteiger partial charge in [-0.25, -0.2) is 4.98 Å². The van der Waals surface area contributed by atoms with E-state index in [1.165, 1.54) is 0 Å². The molecule has 0 bridgehead atoms. The molecule has 0 radical (unpaired) electrons. The second-order valence-electron chi connectivity index (χ2n) is 8.34. The minimum absolute atomic E-state index is 0.0406. The highest BCUT2D eigenvalue weighted by Crippen LogP contribution is 2.34. The van der Waals surface area contributed by atoms with Crippen LogP contribution in [0.4, 0.5) is 0 Å². The van der Waals surface area contributed by atoms with Crippen molar-refractivity contribution >= 4 is 17.0 Å². The summed E-state index contributed by atoms with van der Waals surface area (Å²) in [7, 11) is 1.64. The van der Waals surface area contributed by atoms with Gasteiger partial charge >= 0.3 is 0 Å². The number of aromatic nitrogens is 2. The van der Waals surface area contributed by atoms with E-state index in [4.69, 9.17) is 13.7 Å². The van der Waals surface area contributed by atoms with Crippen molar-refractivity contribution < 1.29 is 18.5 Å². The smallest absolute Gasteiger partial charge is 0.259 e. The van der Waals surface area contributed by atoms with Crippen LogP contribution in [0.25, 0.3) is 22.4 Å². The van der Waals surface area contributed by atoms with Gasteiger partial charge in [0.05, 0.1) is 29.4 Å². The minimum atomic E-state index is -0.0406. The zero-order chi connectivity index (χ0) is 22.4. The first-order valence-corrected chi connectivity index (χ1v) is 10.7. The molecule has 0 aliphatic heterocycles. The molecule has 3 heterocycles. The molecule has 164 valence electrons. The largest absolute Gasteiger partial charge is 0.497 e. The summed E-state index contributed by atoms with van der Waals surface area (Å²) in [5, 5.41) is 4.74. The number of benzene rings is 1. The third kappa shape index (κ3) is 3.64. The zero-order valence-electron chi connectivity index (χ0n) is 18.6. The summed E-state index contributed by atoms with van der Waals surface area (Å²) in [4.78, 5) is 20.4. The number of nitrogens with zero attached hydrogens (tertiary/aromatic N) is 3. The van der Waals surface area contributed by atoms with E-state index in [0.717, 1.165) is 41.2 Å². The molecule has 7 nitrogen and oxygen atoms in total. The SMILES string of the molecule is COc1ccc(CN(C(=O)c2cc(-c3cc(C)oc3C)nc3onc(C)c23)C2CC2)cc1. The molecule has 7 heteroatoms. The minimum Gasteiger partial charge on any atom is -0.497 e. The van der Waals surface area contributed by atoms with Gasteiger partial charge < -0.3 is 18.6 Å². The Bertz CT molecular complexity index is 1300. The number of furan rings is 1. The van der Waals surface area contributed by atoms with Crippen LogP contribution in [0, 0.1) is 20.8 Å². The molecular formula is C25H25N3O4. The van der Waals surface area contributed by atoms with E-state index in [0.29, 0.717) is 34.6 Å². The standard InChI is InChI=1S/C25H25N3O4/c1-14-11-20(16(3)31-14)22-12-21(23-15(2)27-32-24(23)26-22)25(29)28(18-7-8-18)13-17-5-9-19(30-4)10-6-17/h5-6,9-12,18H,7-8,13H2,1-4H3. The molecule has 0 atom stereocenters. The molecule has 1 aliphatic rings. The van der Waals surface area contributed by atoms with Crippen LogP contribution in [0.3, 0.4) is 0 Å². The Morgan fingerprint density at radius 2 is 1.91 bits per heavy atom. The first kappa shape index (κ1) is 20.3. The first-order valence-electron chi connectivity index (χ1n) is 10.7. The van der Waals surface area contributed by atoms with Crippen LogP contribution in [-0.4, -0.2) is 34.1 Å². The van der Waals surface area contributed by atoms with Gasteiger partial charge in [0.2, 0.25) is 0 Å². The van der Waals surface area contributed by atoms with E-state index in [2.05, 4.69) is 10.1 Å². The normalized spacial score (nSPS) is 13.5. The third-order valence-corrected chi connectivity index (χ3v) is 5.92. The molecule has 1 aromatic carbocycles. The van der Waals surface area contributed by atoms with E-state index in [1.54, 1.807) is 7.11 Å². The number of methoxy groups -OCH3 is 1. The molecule has 0 N–H and O–H groups in total. The number of rotatable bonds is 6. The van der Waals surface area contributed by atoms with Crippen molar-refractivity contribution in [2.75, 3.05) is 7.11 Å². The number of hydrogen-bond acceptors (Lipinski definition) is 6. The molecule has 3 aromatic heterocycles. The lowest BCUT2D eigenvalue weighted by Gasteiger charge is -2.23. The predicted octanol–water partition coefficient (Wildman–Crippen LogP) is 5.22. The number of fused-ring (bicyclic) bond motifs is 1. The summed E-state index contributed by atoms with van der Waals surface area (Å²) in [5.41, 5.74) is 4.12. The summed E-state index contributed by atoms with van der Waals surface area (Å²) < 4.78 is 16.4. The van der Waals surface area contributed by atoms with E-state index in [9.17, 15) is 4.79 Å². The van der Waals surface area contributed by atoms with Crippen molar-refractivity contribution in [1.82, 2.24) is 15.0 Å². The van der Waals surface area contributed by atoms with Crippen molar-refractivity contribution in [2.45, 2.75) is 46.2 Å². The van der Waals surface area contributed by atoms with Gasteiger partial charge in [0.1, 0.15) is 17.3 Å². The summed E-state index contributed by atoms with van der Waals surface area (Å²) in [6.45, 7) is 6.15. The van der Waals surface area contributed by atoms with Crippen LogP contribution >= 0.6 is 0 Å². The summed E-state index contributed by atoms with van der Waals surface area (Å²) in [5.74, 6) is 2.30. The zero-order valence-corrected chi connectivity index (χ0v) is 18.6. The van der Waals surface area contributed by atoms with Gasteiger partial charge in [-0.15, -0.1) is 0 Å². The molecule has 0 saturated heterocycles. The Morgan fingerprint density at radius 1 is 1.16 bits per heavy atom. The van der Waals surface area contributed by atoms with Crippen LogP contribution in [0.5, 0.6) is 5.75 Å². The number of hydrogen-bond donors (Lipinski definition) is 0. The maximum atomic E-state index is 13.9. The fourth-order valence-electron chi connectivity index (χ4n) is 4.12. The van der Waals surface area contributed by atoms with Crippen molar-refractivity contribution in [2.24, 2.45) is 0 Å². The second-order valence-corrected chi connectivity index (χ2v) is 8.34. The van der Waals surface area contributed by atoms with Gasteiger partial charge in [-0.1, -0.05) is 17.3 Å². The lowest BCUT2D eigenvalue weighted by Crippen LogP contribution is -2.32. The number of amides is 1. The van der Waals surface area contributed by atoms with Crippen LogP contribution in [0.2, 0.25) is 0 Å². The topological polar surface area (TPSA) is 81.6 Å². The molecule has 1 amide bonds. The Balaban J connectivity index is 1.57. The number of pyridine rings is 1. The second kappa shape index (κ2) is 7.82. The molecular weight excluding hydrogens is 406 g/mol. The van der Waals surface area contributed by atoms with Crippen LogP contribution in [0.15, 0.2) is 45.3 Å². The van der Waals surface area contributed by atoms with Gasteiger partial charge in [0, 0.05) is 18.2 Å². The van der Waals surface area contributed by atoms with Crippen LogP contribution < -0.4 is 4.74 Å². The molecule has 5 rings (SSSR count). The molecule has 4 aromatic rings. The van der Waals surface area contributed by atoms with Gasteiger partial charge in [-0.3, -0.25) is 4.79 Å². The van der Waals surface area contributed by atoms with E-state index in [1.807, 2.05) is 62.1 Å². The molecule has 1 aliphatic carbocycles. The summed E-state index contributed by atoms with van der Waals surface area (Å²) in [6, 6.07) is 11.8. The van der Waals surface area contributed by atoms with Gasteiger partial charge in [0.25, 0.3) is 11.6 Å². The van der Waals surface area contributed by atoms with Crippen molar-refractivity contribution in [1.29, 1.82) is 0 Å². The molecule has 0 spiro atoms. The van der Waals surface area contributed by atoms with Crippen LogP contribution in [-0.2, 0) is 6.54 Å². The van der Waals surface area contributed by atoms with Crippen molar-refractivity contribution in [3.8, 4) is 17.0 Å². The Morgan fingerprint density at radius 3 is 2.53 bits per heavy atom. The quantitative estimate of drug-likeness (QED) is 0.416. The Kier molecular flexibility index (Phi) is 4.96.